The summed E-state index contributed by atoms with van der Waals surface area (Å²) in [6.45, 7) is 2.21. The standard InChI is InChI=1S/C16H23N5O2/c17-14-13(18-6-7-19-14)16(23)21-10-8-20(9-11-21)15(22)12-4-2-1-3-5-12/h6-7,12H,1-5,8-11H2,(H2,17,19). The Kier molecular flexibility index (Phi) is 4.73. The number of carbonyl (C=O) groups excluding carboxylic acids is 2. The van der Waals surface area contributed by atoms with Crippen LogP contribution in [0.4, 0.5) is 5.82 Å². The van der Waals surface area contributed by atoms with Crippen molar-refractivity contribution in [3.05, 3.63) is 18.1 Å². The molecule has 2 aliphatic rings. The van der Waals surface area contributed by atoms with Crippen LogP contribution in [0, 0.1) is 5.92 Å². The Morgan fingerprint density at radius 3 is 2.22 bits per heavy atom. The molecule has 0 unspecified atom stereocenters. The first-order chi connectivity index (χ1) is 11.2. The molecule has 0 bridgehead atoms. The van der Waals surface area contributed by atoms with Crippen LogP contribution in [-0.2, 0) is 4.79 Å². The second-order valence-corrected chi connectivity index (χ2v) is 6.24. The third kappa shape index (κ3) is 3.43. The van der Waals surface area contributed by atoms with Gasteiger partial charge in [-0.25, -0.2) is 9.97 Å². The average molecular weight is 317 g/mol. The Hall–Kier alpha value is -2.18. The number of hydrogen-bond acceptors (Lipinski definition) is 5. The zero-order valence-electron chi connectivity index (χ0n) is 13.3. The van der Waals surface area contributed by atoms with Crippen LogP contribution in [-0.4, -0.2) is 57.8 Å². The molecule has 2 N–H and O–H groups in total. The lowest BCUT2D eigenvalue weighted by atomic mass is 9.88. The number of carbonyl (C=O) groups is 2. The Morgan fingerprint density at radius 1 is 0.957 bits per heavy atom. The van der Waals surface area contributed by atoms with Crippen LogP contribution in [0.25, 0.3) is 0 Å². The van der Waals surface area contributed by atoms with Crippen LogP contribution in [0.3, 0.4) is 0 Å². The summed E-state index contributed by atoms with van der Waals surface area (Å²) in [5.74, 6) is 0.385. The summed E-state index contributed by atoms with van der Waals surface area (Å²) in [4.78, 5) is 36.5. The number of aromatic nitrogens is 2. The number of rotatable bonds is 2. The molecule has 0 spiro atoms. The quantitative estimate of drug-likeness (QED) is 0.875. The highest BCUT2D eigenvalue weighted by Gasteiger charge is 2.30. The summed E-state index contributed by atoms with van der Waals surface area (Å²) in [5, 5.41) is 0. The molecule has 1 saturated heterocycles. The van der Waals surface area contributed by atoms with Crippen molar-refractivity contribution in [1.82, 2.24) is 19.8 Å². The third-order valence-corrected chi connectivity index (χ3v) is 4.76. The first-order valence-electron chi connectivity index (χ1n) is 8.31. The van der Waals surface area contributed by atoms with Crippen LogP contribution in [0.5, 0.6) is 0 Å². The Balaban J connectivity index is 1.57. The van der Waals surface area contributed by atoms with Crippen LogP contribution >= 0.6 is 0 Å². The molecule has 7 heteroatoms. The van der Waals surface area contributed by atoms with E-state index < -0.39 is 0 Å². The van der Waals surface area contributed by atoms with Crippen LogP contribution in [0.1, 0.15) is 42.6 Å². The topological polar surface area (TPSA) is 92.4 Å². The number of nitrogen functional groups attached to an aromatic ring is 1. The fourth-order valence-electron chi connectivity index (χ4n) is 3.40. The number of nitrogens with zero attached hydrogens (tertiary/aromatic N) is 4. The molecule has 0 aromatic carbocycles. The zero-order chi connectivity index (χ0) is 16.2. The summed E-state index contributed by atoms with van der Waals surface area (Å²) >= 11 is 0. The molecule has 1 aliphatic heterocycles. The summed E-state index contributed by atoms with van der Waals surface area (Å²) in [5.41, 5.74) is 5.91. The highest BCUT2D eigenvalue weighted by Crippen LogP contribution is 2.26. The molecular formula is C16H23N5O2. The number of anilines is 1. The molecule has 2 amide bonds. The molecule has 0 atom stereocenters. The van der Waals surface area contributed by atoms with Gasteiger partial charge >= 0.3 is 0 Å². The predicted octanol–water partition coefficient (Wildman–Crippen LogP) is 0.923. The Bertz CT molecular complexity index is 578. The van der Waals surface area contributed by atoms with Gasteiger partial charge in [0.2, 0.25) is 5.91 Å². The van der Waals surface area contributed by atoms with Crippen molar-refractivity contribution in [3.63, 3.8) is 0 Å². The maximum absolute atomic E-state index is 12.5. The molecule has 7 nitrogen and oxygen atoms in total. The fourth-order valence-corrected chi connectivity index (χ4v) is 3.40. The maximum atomic E-state index is 12.5. The van der Waals surface area contributed by atoms with E-state index in [1.165, 1.54) is 18.8 Å². The van der Waals surface area contributed by atoms with Gasteiger partial charge in [-0.3, -0.25) is 9.59 Å². The van der Waals surface area contributed by atoms with E-state index in [0.29, 0.717) is 26.2 Å². The molecule has 1 aliphatic carbocycles. The molecule has 124 valence electrons. The van der Waals surface area contributed by atoms with E-state index in [1.54, 1.807) is 4.90 Å². The summed E-state index contributed by atoms with van der Waals surface area (Å²) < 4.78 is 0. The van der Waals surface area contributed by atoms with Gasteiger partial charge in [0.15, 0.2) is 11.5 Å². The normalized spacial score (nSPS) is 19.7. The van der Waals surface area contributed by atoms with Crippen LogP contribution in [0.2, 0.25) is 0 Å². The molecule has 23 heavy (non-hydrogen) atoms. The molecule has 0 radical (unpaired) electrons. The third-order valence-electron chi connectivity index (χ3n) is 4.76. The largest absolute Gasteiger partial charge is 0.382 e. The number of hydrogen-bond donors (Lipinski definition) is 1. The van der Waals surface area contributed by atoms with Crippen molar-refractivity contribution in [3.8, 4) is 0 Å². The fraction of sp³-hybridized carbons (Fsp3) is 0.625. The van der Waals surface area contributed by atoms with Gasteiger partial charge in [0.25, 0.3) is 5.91 Å². The van der Waals surface area contributed by atoms with Gasteiger partial charge in [-0.15, -0.1) is 0 Å². The molecule has 1 aromatic rings. The lowest BCUT2D eigenvalue weighted by molar-refractivity contribution is -0.138. The summed E-state index contributed by atoms with van der Waals surface area (Å²) in [6, 6.07) is 0. The van der Waals surface area contributed by atoms with Gasteiger partial charge in [0.1, 0.15) is 0 Å². The predicted molar refractivity (Wildman–Crippen MR) is 85.5 cm³/mol. The molecule has 3 rings (SSSR count). The summed E-state index contributed by atoms with van der Waals surface area (Å²) in [7, 11) is 0. The average Bonchev–Trinajstić information content (AvgIpc) is 2.62. The van der Waals surface area contributed by atoms with Gasteiger partial charge < -0.3 is 15.5 Å². The lowest BCUT2D eigenvalue weighted by Gasteiger charge is -2.37. The van der Waals surface area contributed by atoms with Crippen LogP contribution < -0.4 is 5.73 Å². The smallest absolute Gasteiger partial charge is 0.276 e. The van der Waals surface area contributed by atoms with E-state index in [0.717, 1.165) is 25.7 Å². The van der Waals surface area contributed by atoms with Crippen molar-refractivity contribution >= 4 is 17.6 Å². The zero-order valence-corrected chi connectivity index (χ0v) is 13.3. The van der Waals surface area contributed by atoms with Gasteiger partial charge in [-0.05, 0) is 12.8 Å². The highest BCUT2D eigenvalue weighted by molar-refractivity contribution is 5.96. The second-order valence-electron chi connectivity index (χ2n) is 6.24. The van der Waals surface area contributed by atoms with Crippen molar-refractivity contribution in [2.75, 3.05) is 31.9 Å². The van der Waals surface area contributed by atoms with E-state index in [2.05, 4.69) is 9.97 Å². The monoisotopic (exact) mass is 317 g/mol. The number of amides is 2. The van der Waals surface area contributed by atoms with Gasteiger partial charge in [0.05, 0.1) is 0 Å². The van der Waals surface area contributed by atoms with E-state index >= 15 is 0 Å². The Labute approximate surface area is 135 Å². The van der Waals surface area contributed by atoms with E-state index in [4.69, 9.17) is 5.73 Å². The van der Waals surface area contributed by atoms with Gasteiger partial charge in [-0.2, -0.15) is 0 Å². The highest BCUT2D eigenvalue weighted by atomic mass is 16.2. The van der Waals surface area contributed by atoms with E-state index in [-0.39, 0.29) is 29.2 Å². The van der Waals surface area contributed by atoms with Crippen LogP contribution in [0.15, 0.2) is 12.4 Å². The van der Waals surface area contributed by atoms with Crippen molar-refractivity contribution in [2.24, 2.45) is 5.92 Å². The minimum absolute atomic E-state index is 0.151. The van der Waals surface area contributed by atoms with Crippen molar-refractivity contribution in [1.29, 1.82) is 0 Å². The molecule has 2 heterocycles. The van der Waals surface area contributed by atoms with Gasteiger partial charge in [-0.1, -0.05) is 19.3 Å². The summed E-state index contributed by atoms with van der Waals surface area (Å²) in [6.07, 6.45) is 8.49. The number of nitrogens with two attached hydrogens (primary N) is 1. The molecule has 2 fully saturated rings. The van der Waals surface area contributed by atoms with Crippen molar-refractivity contribution < 1.29 is 9.59 Å². The number of piperazine rings is 1. The second kappa shape index (κ2) is 6.93. The Morgan fingerprint density at radius 2 is 1.57 bits per heavy atom. The molecule has 1 saturated carbocycles. The molecular weight excluding hydrogens is 294 g/mol. The SMILES string of the molecule is Nc1nccnc1C(=O)N1CCN(C(=O)C2CCCCC2)CC1. The minimum atomic E-state index is -0.208. The minimum Gasteiger partial charge on any atom is -0.382 e. The van der Waals surface area contributed by atoms with E-state index in [1.807, 2.05) is 4.90 Å². The van der Waals surface area contributed by atoms with E-state index in [9.17, 15) is 9.59 Å². The first kappa shape index (κ1) is 15.7. The first-order valence-corrected chi connectivity index (χ1v) is 8.31. The maximum Gasteiger partial charge on any atom is 0.276 e. The lowest BCUT2D eigenvalue weighted by Crippen LogP contribution is -2.52. The molecule has 1 aromatic heterocycles. The van der Waals surface area contributed by atoms with Gasteiger partial charge in [0, 0.05) is 44.5 Å². The van der Waals surface area contributed by atoms with Crippen molar-refractivity contribution in [2.45, 2.75) is 32.1 Å².